The molecule has 0 bridgehead atoms. The Bertz CT molecular complexity index is 368. The molecule has 0 fully saturated rings. The highest BCUT2D eigenvalue weighted by molar-refractivity contribution is 7.84. The van der Waals surface area contributed by atoms with Crippen molar-refractivity contribution in [3.63, 3.8) is 0 Å². The van der Waals surface area contributed by atoms with Crippen molar-refractivity contribution in [3.05, 3.63) is 23.9 Å². The first-order valence-corrected chi connectivity index (χ1v) is 7.63. The minimum Gasteiger partial charge on any atom is -0.370 e. The van der Waals surface area contributed by atoms with Crippen LogP contribution in [-0.4, -0.2) is 27.7 Å². The highest BCUT2D eigenvalue weighted by Crippen LogP contribution is 2.21. The van der Waals surface area contributed by atoms with Gasteiger partial charge in [-0.1, -0.05) is 26.8 Å². The first kappa shape index (κ1) is 14.2. The summed E-state index contributed by atoms with van der Waals surface area (Å²) in [5, 5.41) is 3.23. The van der Waals surface area contributed by atoms with Gasteiger partial charge in [0.25, 0.3) is 0 Å². The predicted octanol–water partition coefficient (Wildman–Crippen LogP) is 2.56. The number of anilines is 1. The maximum absolute atomic E-state index is 10.9. The van der Waals surface area contributed by atoms with Crippen molar-refractivity contribution >= 4 is 16.6 Å². The average Bonchev–Trinajstić information content (AvgIpc) is 2.23. The summed E-state index contributed by atoms with van der Waals surface area (Å²) in [5.74, 6) is 1.63. The van der Waals surface area contributed by atoms with Crippen molar-refractivity contribution < 1.29 is 4.21 Å². The SMILES string of the molecule is CS(=O)CCCNc1ccc(C(C)(C)C)cn1. The monoisotopic (exact) mass is 254 g/mol. The summed E-state index contributed by atoms with van der Waals surface area (Å²) in [6.07, 6.45) is 4.56. The van der Waals surface area contributed by atoms with Gasteiger partial charge < -0.3 is 5.32 Å². The Morgan fingerprint density at radius 2 is 2.06 bits per heavy atom. The molecule has 0 aliphatic rings. The van der Waals surface area contributed by atoms with Gasteiger partial charge in [-0.25, -0.2) is 4.98 Å². The first-order valence-electron chi connectivity index (χ1n) is 5.90. The van der Waals surface area contributed by atoms with E-state index < -0.39 is 10.8 Å². The molecule has 1 heterocycles. The first-order chi connectivity index (χ1) is 7.89. The van der Waals surface area contributed by atoms with Crippen molar-refractivity contribution in [2.75, 3.05) is 23.9 Å². The minimum absolute atomic E-state index is 0.143. The van der Waals surface area contributed by atoms with Gasteiger partial charge >= 0.3 is 0 Å². The van der Waals surface area contributed by atoms with Crippen molar-refractivity contribution in [1.82, 2.24) is 4.98 Å². The molecule has 4 heteroatoms. The highest BCUT2D eigenvalue weighted by atomic mass is 32.2. The summed E-state index contributed by atoms with van der Waals surface area (Å²) in [5.41, 5.74) is 1.38. The third kappa shape index (κ3) is 5.31. The number of pyridine rings is 1. The molecule has 1 N–H and O–H groups in total. The van der Waals surface area contributed by atoms with Crippen LogP contribution in [0.4, 0.5) is 5.82 Å². The van der Waals surface area contributed by atoms with Crippen LogP contribution >= 0.6 is 0 Å². The van der Waals surface area contributed by atoms with E-state index in [2.05, 4.69) is 37.1 Å². The molecule has 0 aromatic carbocycles. The van der Waals surface area contributed by atoms with Gasteiger partial charge in [0, 0.05) is 35.5 Å². The molecule has 3 nitrogen and oxygen atoms in total. The topological polar surface area (TPSA) is 42.0 Å². The molecule has 0 spiro atoms. The number of nitrogens with one attached hydrogen (secondary N) is 1. The Morgan fingerprint density at radius 1 is 1.35 bits per heavy atom. The molecule has 0 aliphatic carbocycles. The number of rotatable bonds is 5. The molecular formula is C13H22N2OS. The van der Waals surface area contributed by atoms with Crippen LogP contribution in [0.5, 0.6) is 0 Å². The van der Waals surface area contributed by atoms with Crippen LogP contribution in [0.1, 0.15) is 32.8 Å². The molecule has 0 aliphatic heterocycles. The van der Waals surface area contributed by atoms with Crippen LogP contribution in [0.3, 0.4) is 0 Å². The van der Waals surface area contributed by atoms with E-state index in [4.69, 9.17) is 0 Å². The fourth-order valence-electron chi connectivity index (χ4n) is 1.43. The predicted molar refractivity (Wildman–Crippen MR) is 75.0 cm³/mol. The third-order valence-electron chi connectivity index (χ3n) is 2.54. The van der Waals surface area contributed by atoms with Crippen LogP contribution in [0.2, 0.25) is 0 Å². The molecule has 1 rings (SSSR count). The summed E-state index contributed by atoms with van der Waals surface area (Å²) in [4.78, 5) is 4.37. The van der Waals surface area contributed by atoms with Crippen LogP contribution < -0.4 is 5.32 Å². The zero-order chi connectivity index (χ0) is 12.9. The van der Waals surface area contributed by atoms with Gasteiger partial charge in [-0.2, -0.15) is 0 Å². The zero-order valence-electron chi connectivity index (χ0n) is 11.1. The molecule has 1 atom stereocenters. The van der Waals surface area contributed by atoms with E-state index in [1.165, 1.54) is 5.56 Å². The fourth-order valence-corrected chi connectivity index (χ4v) is 1.98. The number of hydrogen-bond donors (Lipinski definition) is 1. The molecule has 0 saturated carbocycles. The minimum atomic E-state index is -0.699. The summed E-state index contributed by atoms with van der Waals surface area (Å²) < 4.78 is 10.9. The summed E-state index contributed by atoms with van der Waals surface area (Å²) in [7, 11) is -0.699. The average molecular weight is 254 g/mol. The molecule has 1 unspecified atom stereocenters. The maximum Gasteiger partial charge on any atom is 0.125 e. The quantitative estimate of drug-likeness (QED) is 0.821. The van der Waals surface area contributed by atoms with E-state index in [9.17, 15) is 4.21 Å². The number of hydrogen-bond acceptors (Lipinski definition) is 3. The Hall–Kier alpha value is -0.900. The molecule has 0 radical (unpaired) electrons. The van der Waals surface area contributed by atoms with E-state index in [1.807, 2.05) is 12.3 Å². The Labute approximate surface area is 106 Å². The summed E-state index contributed by atoms with van der Waals surface area (Å²) in [6, 6.07) is 4.11. The molecule has 17 heavy (non-hydrogen) atoms. The molecule has 1 aromatic rings. The van der Waals surface area contributed by atoms with Crippen molar-refractivity contribution in [1.29, 1.82) is 0 Å². The molecule has 0 amide bonds. The second-order valence-corrected chi connectivity index (χ2v) is 6.79. The van der Waals surface area contributed by atoms with Crippen LogP contribution in [0.25, 0.3) is 0 Å². The van der Waals surface area contributed by atoms with Gasteiger partial charge in [-0.3, -0.25) is 4.21 Å². The highest BCUT2D eigenvalue weighted by Gasteiger charge is 2.13. The van der Waals surface area contributed by atoms with Gasteiger partial charge in [-0.05, 0) is 23.5 Å². The van der Waals surface area contributed by atoms with Crippen molar-refractivity contribution in [2.24, 2.45) is 0 Å². The summed E-state index contributed by atoms with van der Waals surface area (Å²) >= 11 is 0. The normalized spacial score (nSPS) is 13.4. The van der Waals surface area contributed by atoms with Crippen LogP contribution in [0.15, 0.2) is 18.3 Å². The van der Waals surface area contributed by atoms with E-state index in [-0.39, 0.29) is 5.41 Å². The van der Waals surface area contributed by atoms with E-state index in [1.54, 1.807) is 6.26 Å². The van der Waals surface area contributed by atoms with Gasteiger partial charge in [0.15, 0.2) is 0 Å². The van der Waals surface area contributed by atoms with E-state index >= 15 is 0 Å². The van der Waals surface area contributed by atoms with Crippen molar-refractivity contribution in [3.8, 4) is 0 Å². The second-order valence-electron chi connectivity index (χ2n) is 5.24. The molecule has 96 valence electrons. The smallest absolute Gasteiger partial charge is 0.125 e. The molecular weight excluding hydrogens is 232 g/mol. The third-order valence-corrected chi connectivity index (χ3v) is 3.41. The lowest BCUT2D eigenvalue weighted by Gasteiger charge is -2.18. The lowest BCUT2D eigenvalue weighted by Crippen LogP contribution is -2.12. The van der Waals surface area contributed by atoms with Crippen LogP contribution in [-0.2, 0) is 16.2 Å². The standard InChI is InChI=1S/C13H22N2OS/c1-13(2,3)11-6-7-12(15-10-11)14-8-5-9-17(4)16/h6-7,10H,5,8-9H2,1-4H3,(H,14,15). The lowest BCUT2D eigenvalue weighted by atomic mass is 9.88. The largest absolute Gasteiger partial charge is 0.370 e. The van der Waals surface area contributed by atoms with E-state index in [0.717, 1.165) is 24.5 Å². The number of aromatic nitrogens is 1. The van der Waals surface area contributed by atoms with Gasteiger partial charge in [0.1, 0.15) is 5.82 Å². The second kappa shape index (κ2) is 6.15. The lowest BCUT2D eigenvalue weighted by molar-refractivity contribution is 0.587. The van der Waals surface area contributed by atoms with Gasteiger partial charge in [-0.15, -0.1) is 0 Å². The van der Waals surface area contributed by atoms with E-state index in [0.29, 0.717) is 0 Å². The molecule has 1 aromatic heterocycles. The Balaban J connectivity index is 2.43. The van der Waals surface area contributed by atoms with Gasteiger partial charge in [0.2, 0.25) is 0 Å². The summed E-state index contributed by atoms with van der Waals surface area (Å²) in [6.45, 7) is 7.34. The van der Waals surface area contributed by atoms with Crippen LogP contribution in [0, 0.1) is 0 Å². The van der Waals surface area contributed by atoms with Gasteiger partial charge in [0.05, 0.1) is 0 Å². The maximum atomic E-state index is 10.9. The zero-order valence-corrected chi connectivity index (χ0v) is 11.9. The Kier molecular flexibility index (Phi) is 5.12. The Morgan fingerprint density at radius 3 is 2.53 bits per heavy atom. The van der Waals surface area contributed by atoms with Crippen molar-refractivity contribution in [2.45, 2.75) is 32.6 Å². The fraction of sp³-hybridized carbons (Fsp3) is 0.615. The number of nitrogens with zero attached hydrogens (tertiary/aromatic N) is 1. The molecule has 0 saturated heterocycles.